The molecule has 122 valence electrons. The molecule has 2 amide bonds. The van der Waals surface area contributed by atoms with E-state index in [9.17, 15) is 4.79 Å². The second kappa shape index (κ2) is 7.17. The summed E-state index contributed by atoms with van der Waals surface area (Å²) in [5, 5.41) is 3.12. The van der Waals surface area contributed by atoms with Crippen LogP contribution in [0.25, 0.3) is 0 Å². The highest BCUT2D eigenvalue weighted by molar-refractivity contribution is 5.90. The van der Waals surface area contributed by atoms with Crippen molar-refractivity contribution >= 4 is 11.7 Å². The molecule has 0 atom stereocenters. The average Bonchev–Trinajstić information content (AvgIpc) is 2.47. The molecule has 0 radical (unpaired) electrons. The summed E-state index contributed by atoms with van der Waals surface area (Å²) in [5.74, 6) is 0. The Bertz CT molecular complexity index is 498. The molecule has 1 saturated carbocycles. The first kappa shape index (κ1) is 16.9. The number of nitrogens with one attached hydrogen (secondary N) is 1. The minimum absolute atomic E-state index is 0.0520. The van der Waals surface area contributed by atoms with Gasteiger partial charge >= 0.3 is 6.03 Å². The van der Waals surface area contributed by atoms with E-state index in [0.717, 1.165) is 30.6 Å². The molecule has 3 heteroatoms. The summed E-state index contributed by atoms with van der Waals surface area (Å²) in [7, 11) is 0. The van der Waals surface area contributed by atoms with Gasteiger partial charge in [0, 0.05) is 18.3 Å². The zero-order valence-corrected chi connectivity index (χ0v) is 14.5. The van der Waals surface area contributed by atoms with Gasteiger partial charge < -0.3 is 10.2 Å². The molecule has 2 rings (SSSR count). The van der Waals surface area contributed by atoms with Crippen LogP contribution in [0.4, 0.5) is 10.5 Å². The lowest BCUT2D eigenvalue weighted by molar-refractivity contribution is 0.136. The number of amides is 2. The first-order chi connectivity index (χ1) is 10.4. The summed E-state index contributed by atoms with van der Waals surface area (Å²) in [6.45, 7) is 9.43. The molecule has 0 bridgehead atoms. The lowest BCUT2D eigenvalue weighted by Crippen LogP contribution is -2.47. The molecule has 1 N–H and O–H groups in total. The Morgan fingerprint density at radius 2 is 1.82 bits per heavy atom. The molecular weight excluding hydrogens is 272 g/mol. The number of hydrogen-bond donors (Lipinski definition) is 1. The Morgan fingerprint density at radius 3 is 2.41 bits per heavy atom. The van der Waals surface area contributed by atoms with E-state index in [1.165, 1.54) is 19.3 Å². The maximum atomic E-state index is 12.9. The normalized spacial score (nSPS) is 16.4. The topological polar surface area (TPSA) is 32.3 Å². The van der Waals surface area contributed by atoms with Crippen molar-refractivity contribution in [2.45, 2.75) is 65.8 Å². The molecule has 0 heterocycles. The van der Waals surface area contributed by atoms with Crippen LogP contribution in [-0.2, 0) is 0 Å². The molecule has 22 heavy (non-hydrogen) atoms. The maximum Gasteiger partial charge on any atom is 0.322 e. The van der Waals surface area contributed by atoms with Crippen molar-refractivity contribution in [1.82, 2.24) is 4.90 Å². The van der Waals surface area contributed by atoms with Crippen LogP contribution in [0.2, 0.25) is 0 Å². The molecule has 0 aromatic heterocycles. The monoisotopic (exact) mass is 302 g/mol. The fraction of sp³-hybridized carbons (Fsp3) is 0.632. The largest absolute Gasteiger partial charge is 0.322 e. The number of anilines is 1. The van der Waals surface area contributed by atoms with Crippen LogP contribution in [0, 0.1) is 12.3 Å². The van der Waals surface area contributed by atoms with E-state index in [0.29, 0.717) is 6.04 Å². The van der Waals surface area contributed by atoms with Gasteiger partial charge in [0.25, 0.3) is 0 Å². The Hall–Kier alpha value is -1.51. The van der Waals surface area contributed by atoms with Gasteiger partial charge in [-0.1, -0.05) is 58.2 Å². The van der Waals surface area contributed by atoms with Crippen molar-refractivity contribution in [3.05, 3.63) is 29.8 Å². The summed E-state index contributed by atoms with van der Waals surface area (Å²) in [5.41, 5.74) is 2.14. The van der Waals surface area contributed by atoms with E-state index in [-0.39, 0.29) is 11.4 Å². The Morgan fingerprint density at radius 1 is 1.18 bits per heavy atom. The summed E-state index contributed by atoms with van der Waals surface area (Å²) in [4.78, 5) is 14.9. The van der Waals surface area contributed by atoms with Crippen molar-refractivity contribution in [3.63, 3.8) is 0 Å². The molecule has 0 unspecified atom stereocenters. The van der Waals surface area contributed by atoms with Gasteiger partial charge in [-0.2, -0.15) is 0 Å². The van der Waals surface area contributed by atoms with E-state index in [2.05, 4.69) is 31.0 Å². The molecule has 1 aromatic rings. The third-order valence-corrected chi connectivity index (χ3v) is 4.31. The van der Waals surface area contributed by atoms with Crippen molar-refractivity contribution in [2.75, 3.05) is 11.9 Å². The number of rotatable bonds is 3. The standard InChI is InChI=1S/C19H30N2O/c1-15-10-8-9-13-17(15)20-18(22)21(14-19(2,3)4)16-11-6-5-7-12-16/h8-10,13,16H,5-7,11-12,14H2,1-4H3,(H,20,22). The predicted molar refractivity (Wildman–Crippen MR) is 93.2 cm³/mol. The molecule has 3 nitrogen and oxygen atoms in total. The Labute approximate surface area is 135 Å². The summed E-state index contributed by atoms with van der Waals surface area (Å²) in [6, 6.07) is 8.41. The first-order valence-corrected chi connectivity index (χ1v) is 8.50. The molecule has 0 spiro atoms. The second-order valence-corrected chi connectivity index (χ2v) is 7.73. The van der Waals surface area contributed by atoms with E-state index in [1.807, 2.05) is 31.2 Å². The third-order valence-electron chi connectivity index (χ3n) is 4.31. The molecular formula is C19H30N2O. The number of aryl methyl sites for hydroxylation is 1. The van der Waals surface area contributed by atoms with Crippen LogP contribution in [0.15, 0.2) is 24.3 Å². The predicted octanol–water partition coefficient (Wildman–Crippen LogP) is 5.21. The molecule has 1 fully saturated rings. The Kier molecular flexibility index (Phi) is 5.49. The minimum atomic E-state index is 0.0520. The highest BCUT2D eigenvalue weighted by atomic mass is 16.2. The quantitative estimate of drug-likeness (QED) is 0.817. The molecule has 0 saturated heterocycles. The number of nitrogens with zero attached hydrogens (tertiary/aromatic N) is 1. The summed E-state index contributed by atoms with van der Waals surface area (Å²) in [6.07, 6.45) is 6.06. The van der Waals surface area contributed by atoms with Crippen LogP contribution >= 0.6 is 0 Å². The number of carbonyl (C=O) groups is 1. The summed E-state index contributed by atoms with van der Waals surface area (Å²) < 4.78 is 0. The number of carbonyl (C=O) groups excluding carboxylic acids is 1. The number of urea groups is 1. The minimum Gasteiger partial charge on any atom is -0.321 e. The molecule has 1 aliphatic rings. The highest BCUT2D eigenvalue weighted by Crippen LogP contribution is 2.27. The highest BCUT2D eigenvalue weighted by Gasteiger charge is 2.29. The van der Waals surface area contributed by atoms with Crippen LogP contribution in [-0.4, -0.2) is 23.5 Å². The number of para-hydroxylation sites is 1. The maximum absolute atomic E-state index is 12.9. The SMILES string of the molecule is Cc1ccccc1NC(=O)N(CC(C)(C)C)C1CCCCC1. The van der Waals surface area contributed by atoms with Crippen LogP contribution in [0.3, 0.4) is 0 Å². The fourth-order valence-electron chi connectivity index (χ4n) is 3.17. The van der Waals surface area contributed by atoms with Gasteiger partial charge in [0.15, 0.2) is 0 Å². The van der Waals surface area contributed by atoms with Gasteiger partial charge in [-0.3, -0.25) is 0 Å². The van der Waals surface area contributed by atoms with E-state index in [1.54, 1.807) is 0 Å². The van der Waals surface area contributed by atoms with Crippen molar-refractivity contribution in [3.8, 4) is 0 Å². The molecule has 0 aliphatic heterocycles. The lowest BCUT2D eigenvalue weighted by atomic mass is 9.90. The van der Waals surface area contributed by atoms with Crippen LogP contribution < -0.4 is 5.32 Å². The molecule has 1 aliphatic carbocycles. The van der Waals surface area contributed by atoms with Crippen molar-refractivity contribution < 1.29 is 4.79 Å². The van der Waals surface area contributed by atoms with E-state index in [4.69, 9.17) is 0 Å². The Balaban J connectivity index is 2.12. The molecule has 1 aromatic carbocycles. The van der Waals surface area contributed by atoms with Crippen molar-refractivity contribution in [1.29, 1.82) is 0 Å². The zero-order chi connectivity index (χ0) is 16.2. The van der Waals surface area contributed by atoms with Crippen molar-refractivity contribution in [2.24, 2.45) is 5.41 Å². The number of benzene rings is 1. The van der Waals surface area contributed by atoms with E-state index < -0.39 is 0 Å². The van der Waals surface area contributed by atoms with Gasteiger partial charge in [-0.05, 0) is 36.8 Å². The number of hydrogen-bond acceptors (Lipinski definition) is 1. The second-order valence-electron chi connectivity index (χ2n) is 7.73. The van der Waals surface area contributed by atoms with Gasteiger partial charge in [0.2, 0.25) is 0 Å². The van der Waals surface area contributed by atoms with E-state index >= 15 is 0 Å². The lowest BCUT2D eigenvalue weighted by Gasteiger charge is -2.38. The van der Waals surface area contributed by atoms with Gasteiger partial charge in [0.1, 0.15) is 0 Å². The van der Waals surface area contributed by atoms with Crippen LogP contribution in [0.1, 0.15) is 58.4 Å². The van der Waals surface area contributed by atoms with Crippen LogP contribution in [0.5, 0.6) is 0 Å². The van der Waals surface area contributed by atoms with Gasteiger partial charge in [-0.25, -0.2) is 4.79 Å². The third kappa shape index (κ3) is 4.75. The smallest absolute Gasteiger partial charge is 0.321 e. The van der Waals surface area contributed by atoms with Gasteiger partial charge in [-0.15, -0.1) is 0 Å². The average molecular weight is 302 g/mol. The van der Waals surface area contributed by atoms with Gasteiger partial charge in [0.05, 0.1) is 0 Å². The summed E-state index contributed by atoms with van der Waals surface area (Å²) >= 11 is 0. The fourth-order valence-corrected chi connectivity index (χ4v) is 3.17. The first-order valence-electron chi connectivity index (χ1n) is 8.50. The zero-order valence-electron chi connectivity index (χ0n) is 14.5.